The van der Waals surface area contributed by atoms with Crippen molar-refractivity contribution < 1.29 is 4.74 Å². The van der Waals surface area contributed by atoms with Gasteiger partial charge >= 0.3 is 0 Å². The summed E-state index contributed by atoms with van der Waals surface area (Å²) in [5.74, 6) is 2.09. The molecule has 0 amide bonds. The van der Waals surface area contributed by atoms with Gasteiger partial charge in [-0.3, -0.25) is 0 Å². The first-order valence-corrected chi connectivity index (χ1v) is 16.2. The second kappa shape index (κ2) is 9.67. The summed E-state index contributed by atoms with van der Waals surface area (Å²) in [5.41, 5.74) is 14.0. The Morgan fingerprint density at radius 3 is 2.20 bits per heavy atom. The molecule has 7 aromatic carbocycles. The molecule has 1 heteroatoms. The summed E-state index contributed by atoms with van der Waals surface area (Å²) in [4.78, 5) is 0. The van der Waals surface area contributed by atoms with E-state index in [0.717, 1.165) is 23.5 Å². The molecule has 0 saturated heterocycles. The lowest BCUT2D eigenvalue weighted by atomic mass is 9.61. The second-order valence-electron chi connectivity index (χ2n) is 12.8. The molecule has 2 aliphatic carbocycles. The SMILES string of the molecule is C1=CC(C2(c3ccccc3)c3ccccc3-c3ccc(-c4ccc5c6c(cccc46)-c4ccccc4O5)cc32)Cc2ccccc21. The van der Waals surface area contributed by atoms with Crippen molar-refractivity contribution in [3.05, 3.63) is 186 Å². The molecule has 0 saturated carbocycles. The number of fused-ring (bicyclic) bond motifs is 6. The molecule has 0 radical (unpaired) electrons. The Hall–Kier alpha value is -5.66. The average Bonchev–Trinajstić information content (AvgIpc) is 3.42. The van der Waals surface area contributed by atoms with Crippen LogP contribution in [0.5, 0.6) is 11.5 Å². The smallest absolute Gasteiger partial charge is 0.135 e. The van der Waals surface area contributed by atoms with Gasteiger partial charge in [-0.05, 0) is 91.6 Å². The first-order chi connectivity index (χ1) is 22.8. The molecule has 2 atom stereocenters. The zero-order chi connectivity index (χ0) is 30.2. The van der Waals surface area contributed by atoms with Crippen LogP contribution in [0.15, 0.2) is 158 Å². The lowest BCUT2D eigenvalue weighted by Gasteiger charge is -2.41. The second-order valence-corrected chi connectivity index (χ2v) is 12.8. The van der Waals surface area contributed by atoms with Crippen LogP contribution >= 0.6 is 0 Å². The van der Waals surface area contributed by atoms with Crippen molar-refractivity contribution in [2.24, 2.45) is 5.92 Å². The molecule has 46 heavy (non-hydrogen) atoms. The van der Waals surface area contributed by atoms with E-state index in [4.69, 9.17) is 4.74 Å². The minimum absolute atomic E-state index is 0.253. The van der Waals surface area contributed by atoms with Gasteiger partial charge in [-0.15, -0.1) is 0 Å². The number of ether oxygens (including phenoxy) is 1. The van der Waals surface area contributed by atoms with E-state index in [1.807, 2.05) is 6.07 Å². The number of para-hydroxylation sites is 1. The molecule has 0 bridgehead atoms. The topological polar surface area (TPSA) is 9.23 Å². The number of hydrogen-bond acceptors (Lipinski definition) is 1. The summed E-state index contributed by atoms with van der Waals surface area (Å²) in [5, 5.41) is 2.40. The maximum absolute atomic E-state index is 6.45. The molecule has 0 spiro atoms. The third-order valence-electron chi connectivity index (χ3n) is 10.6. The van der Waals surface area contributed by atoms with Crippen LogP contribution in [0.4, 0.5) is 0 Å². The van der Waals surface area contributed by atoms with Crippen molar-refractivity contribution in [3.63, 3.8) is 0 Å². The van der Waals surface area contributed by atoms with Crippen LogP contribution < -0.4 is 4.74 Å². The zero-order valence-electron chi connectivity index (χ0n) is 25.3. The minimum Gasteiger partial charge on any atom is -0.456 e. The van der Waals surface area contributed by atoms with Gasteiger partial charge in [0.1, 0.15) is 11.5 Å². The average molecular weight is 587 g/mol. The molecule has 0 fully saturated rings. The van der Waals surface area contributed by atoms with Crippen LogP contribution in [0.3, 0.4) is 0 Å². The maximum Gasteiger partial charge on any atom is 0.135 e. The van der Waals surface area contributed by atoms with Gasteiger partial charge in [0.2, 0.25) is 0 Å². The number of hydrogen-bond donors (Lipinski definition) is 0. The number of allylic oxidation sites excluding steroid dienone is 1. The van der Waals surface area contributed by atoms with Crippen molar-refractivity contribution in [3.8, 4) is 44.9 Å². The van der Waals surface area contributed by atoms with E-state index in [1.54, 1.807) is 0 Å². The van der Waals surface area contributed by atoms with Gasteiger partial charge in [0.15, 0.2) is 0 Å². The highest BCUT2D eigenvalue weighted by Crippen LogP contribution is 2.59. The predicted octanol–water partition coefficient (Wildman–Crippen LogP) is 11.5. The zero-order valence-corrected chi connectivity index (χ0v) is 25.3. The van der Waals surface area contributed by atoms with Crippen LogP contribution in [0.25, 0.3) is 50.2 Å². The molecular formula is C45H30O. The molecule has 2 unspecified atom stereocenters. The predicted molar refractivity (Wildman–Crippen MR) is 189 cm³/mol. The van der Waals surface area contributed by atoms with Crippen molar-refractivity contribution in [2.75, 3.05) is 0 Å². The molecule has 1 heterocycles. The summed E-state index contributed by atoms with van der Waals surface area (Å²) >= 11 is 0. The summed E-state index contributed by atoms with van der Waals surface area (Å²) in [7, 11) is 0. The van der Waals surface area contributed by atoms with Gasteiger partial charge in [0, 0.05) is 10.9 Å². The standard InChI is InChI=1S/C45H30O/c1-2-13-32(14-3-1)45(33-23-21-29-11-4-5-12-30(29)27-33)40-19-8-6-15-35(40)36-24-22-31(28-41(36)45)34-25-26-43-44-38(34)17-10-18-39(44)37-16-7-9-20-42(37)46-43/h1-26,28,33H,27H2. The highest BCUT2D eigenvalue weighted by Gasteiger charge is 2.49. The molecule has 216 valence electrons. The third kappa shape index (κ3) is 3.46. The van der Waals surface area contributed by atoms with Gasteiger partial charge in [0.05, 0.1) is 5.41 Å². The molecule has 3 aliphatic rings. The van der Waals surface area contributed by atoms with E-state index < -0.39 is 0 Å². The van der Waals surface area contributed by atoms with Crippen molar-refractivity contribution >= 4 is 16.8 Å². The Labute approximate surface area is 269 Å². The largest absolute Gasteiger partial charge is 0.456 e. The van der Waals surface area contributed by atoms with E-state index in [0.29, 0.717) is 0 Å². The Kier molecular flexibility index (Phi) is 5.39. The fraction of sp³-hybridized carbons (Fsp3) is 0.0667. The van der Waals surface area contributed by atoms with Crippen molar-refractivity contribution in [1.29, 1.82) is 0 Å². The van der Waals surface area contributed by atoms with Gasteiger partial charge in [-0.1, -0.05) is 146 Å². The normalized spacial score (nSPS) is 18.3. The van der Waals surface area contributed by atoms with Gasteiger partial charge in [-0.25, -0.2) is 0 Å². The maximum atomic E-state index is 6.45. The molecule has 10 rings (SSSR count). The summed E-state index contributed by atoms with van der Waals surface area (Å²) in [6.45, 7) is 0. The van der Waals surface area contributed by atoms with Gasteiger partial charge < -0.3 is 4.74 Å². The lowest BCUT2D eigenvalue weighted by Crippen LogP contribution is -2.37. The minimum atomic E-state index is -0.332. The van der Waals surface area contributed by atoms with Crippen LogP contribution in [-0.4, -0.2) is 0 Å². The first-order valence-electron chi connectivity index (χ1n) is 16.2. The Morgan fingerprint density at radius 1 is 0.522 bits per heavy atom. The summed E-state index contributed by atoms with van der Waals surface area (Å²) in [6.07, 6.45) is 5.81. The molecule has 1 aliphatic heterocycles. The van der Waals surface area contributed by atoms with E-state index in [2.05, 4.69) is 158 Å². The highest BCUT2D eigenvalue weighted by molar-refractivity contribution is 6.10. The Morgan fingerprint density at radius 2 is 1.26 bits per heavy atom. The molecule has 0 aromatic heterocycles. The van der Waals surface area contributed by atoms with Crippen molar-refractivity contribution in [1.82, 2.24) is 0 Å². The monoisotopic (exact) mass is 586 g/mol. The van der Waals surface area contributed by atoms with Crippen LogP contribution in [-0.2, 0) is 11.8 Å². The first kappa shape index (κ1) is 25.6. The fourth-order valence-electron chi connectivity index (χ4n) is 8.64. The quantitative estimate of drug-likeness (QED) is 0.200. The number of benzene rings is 7. The van der Waals surface area contributed by atoms with E-state index in [9.17, 15) is 0 Å². The highest BCUT2D eigenvalue weighted by atomic mass is 16.5. The molecular weight excluding hydrogens is 556 g/mol. The van der Waals surface area contributed by atoms with Crippen molar-refractivity contribution in [2.45, 2.75) is 11.8 Å². The number of rotatable bonds is 3. The van der Waals surface area contributed by atoms with Gasteiger partial charge in [0.25, 0.3) is 0 Å². The van der Waals surface area contributed by atoms with Crippen LogP contribution in [0.1, 0.15) is 27.8 Å². The Balaban J connectivity index is 1.23. The molecule has 1 nitrogen and oxygen atoms in total. The van der Waals surface area contributed by atoms with Crippen LogP contribution in [0, 0.1) is 5.92 Å². The summed E-state index contributed by atoms with van der Waals surface area (Å²) < 4.78 is 6.45. The van der Waals surface area contributed by atoms with E-state index in [1.165, 1.54) is 66.4 Å². The van der Waals surface area contributed by atoms with Gasteiger partial charge in [-0.2, -0.15) is 0 Å². The van der Waals surface area contributed by atoms with E-state index >= 15 is 0 Å². The fourth-order valence-corrected chi connectivity index (χ4v) is 8.64. The lowest BCUT2D eigenvalue weighted by molar-refractivity contribution is 0.451. The van der Waals surface area contributed by atoms with Crippen LogP contribution in [0.2, 0.25) is 0 Å². The summed E-state index contributed by atoms with van der Waals surface area (Å²) in [6, 6.07) is 55.8. The Bertz CT molecular complexity index is 2380. The molecule has 7 aromatic rings. The van der Waals surface area contributed by atoms with E-state index in [-0.39, 0.29) is 11.3 Å². The third-order valence-corrected chi connectivity index (χ3v) is 10.6. The molecule has 0 N–H and O–H groups in total.